The Hall–Kier alpha value is 0.902. The quantitative estimate of drug-likeness (QED) is 0.352. The van der Waals surface area contributed by atoms with Gasteiger partial charge in [-0.05, 0) is 0 Å². The molecule has 0 saturated heterocycles. The van der Waals surface area contributed by atoms with Crippen LogP contribution in [0.15, 0.2) is 0 Å². The summed E-state index contributed by atoms with van der Waals surface area (Å²) in [6.07, 6.45) is 0. The van der Waals surface area contributed by atoms with E-state index in [4.69, 9.17) is 14.5 Å². The van der Waals surface area contributed by atoms with Gasteiger partial charge in [-0.3, -0.25) is 4.46 Å². The molecule has 2 N–H and O–H groups in total. The van der Waals surface area contributed by atoms with Crippen LogP contribution in [-0.4, -0.2) is 19.2 Å². The van der Waals surface area contributed by atoms with E-state index < -0.39 is 9.17 Å². The fourth-order valence-corrected chi connectivity index (χ4v) is 0. The second-order valence-corrected chi connectivity index (χ2v) is 1.07. The molecule has 6 heteroatoms. The molecule has 0 aliphatic carbocycles. The zero-order chi connectivity index (χ0) is 4.28. The maximum Gasteiger partial charge on any atom is 0.798 e. The third kappa shape index (κ3) is 8.86. The molecule has 0 amide bonds. The van der Waals surface area contributed by atoms with E-state index in [0.29, 0.717) is 0 Å². The zero-order valence-electron chi connectivity index (χ0n) is 2.56. The summed E-state index contributed by atoms with van der Waals surface area (Å²) in [4.78, 5) is 7.44. The van der Waals surface area contributed by atoms with Gasteiger partial charge >= 0.3 is 9.17 Å². The number of hydrogen-bond donors (Lipinski definition) is 2. The van der Waals surface area contributed by atoms with E-state index in [1.807, 2.05) is 0 Å². The van der Waals surface area contributed by atoms with Crippen LogP contribution < -0.4 is 0 Å². The summed E-state index contributed by atoms with van der Waals surface area (Å²) in [5, 5.41) is 7.13. The van der Waals surface area contributed by atoms with E-state index >= 15 is 0 Å². The van der Waals surface area contributed by atoms with E-state index in [9.17, 15) is 0 Å². The minimum atomic E-state index is -3.07. The summed E-state index contributed by atoms with van der Waals surface area (Å²) < 4.78 is 11.9. The summed E-state index contributed by atoms with van der Waals surface area (Å²) >= 11 is 0. The normalized spacial score (nSPS) is 5.50. The van der Waals surface area contributed by atoms with Crippen LogP contribution >= 0.6 is 0 Å². The number of hydrogen-bond acceptors (Lipinski definition) is 3. The van der Waals surface area contributed by atoms with E-state index in [1.165, 1.54) is 0 Å². The van der Waals surface area contributed by atoms with E-state index in [2.05, 4.69) is 4.58 Å². The van der Waals surface area contributed by atoms with Gasteiger partial charge in [-0.15, -0.1) is 0 Å². The molecule has 0 radical (unpaired) electrons. The fraction of sp³-hybridized carbons (Fsp3) is 0. The van der Waals surface area contributed by atoms with Gasteiger partial charge in [-0.1, -0.05) is 0 Å². The van der Waals surface area contributed by atoms with Gasteiger partial charge in [-0.2, -0.15) is 0 Å². The van der Waals surface area contributed by atoms with Crippen molar-refractivity contribution >= 4 is 9.17 Å². The van der Waals surface area contributed by atoms with Crippen molar-refractivity contribution < 1.29 is 59.0 Å². The van der Waals surface area contributed by atoms with Gasteiger partial charge < -0.3 is 9.37 Å². The summed E-state index contributed by atoms with van der Waals surface area (Å²) in [7, 11) is -3.07. The van der Waals surface area contributed by atoms with Crippen molar-refractivity contribution in [2.75, 3.05) is 0 Å². The van der Waals surface area contributed by atoms with Gasteiger partial charge in [0, 0.05) is 39.9 Å². The minimum absolute atomic E-state index is 0. The maximum atomic E-state index is 9.08. The molecule has 0 bridgehead atoms. The first-order valence-electron chi connectivity index (χ1n) is 0.814. The van der Waals surface area contributed by atoms with Gasteiger partial charge in [0.25, 0.3) is 0 Å². The molecule has 0 atom stereocenters. The SMILES string of the molecule is O=[Si](O)OO.[Gd]. The molecule has 0 aromatic heterocycles. The van der Waals surface area contributed by atoms with Crippen molar-refractivity contribution in [3.05, 3.63) is 0 Å². The molecule has 0 fully saturated rings. The Balaban J connectivity index is 0. The molecular formula is H2GdO4Si. The van der Waals surface area contributed by atoms with Crippen LogP contribution in [0.4, 0.5) is 0 Å². The second-order valence-electron chi connectivity index (χ2n) is 0.357. The van der Waals surface area contributed by atoms with E-state index in [0.717, 1.165) is 0 Å². The van der Waals surface area contributed by atoms with E-state index in [-0.39, 0.29) is 39.9 Å². The van der Waals surface area contributed by atoms with Crippen LogP contribution in [0.1, 0.15) is 0 Å². The van der Waals surface area contributed by atoms with Crippen LogP contribution in [-0.2, 0) is 9.04 Å². The molecule has 0 rings (SSSR count). The van der Waals surface area contributed by atoms with Gasteiger partial charge in [0.1, 0.15) is 0 Å². The maximum absolute atomic E-state index is 9.08. The van der Waals surface area contributed by atoms with Crippen molar-refractivity contribution in [3.8, 4) is 0 Å². The first-order valence-corrected chi connectivity index (χ1v) is 2.08. The van der Waals surface area contributed by atoms with Gasteiger partial charge in [-0.25, -0.2) is 5.26 Å². The van der Waals surface area contributed by atoms with Crippen LogP contribution in [0, 0.1) is 39.9 Å². The molecule has 38 valence electrons. The summed E-state index contributed by atoms with van der Waals surface area (Å²) in [5.41, 5.74) is 0. The second kappa shape index (κ2) is 5.90. The Labute approximate surface area is 67.6 Å². The minimum Gasteiger partial charge on any atom is -0.510 e. The molecule has 0 aromatic carbocycles. The first kappa shape index (κ1) is 10.0. The molecule has 0 unspecified atom stereocenters. The van der Waals surface area contributed by atoms with Gasteiger partial charge in [0.05, 0.1) is 0 Å². The summed E-state index contributed by atoms with van der Waals surface area (Å²) in [6, 6.07) is 0. The van der Waals surface area contributed by atoms with Crippen molar-refractivity contribution in [1.29, 1.82) is 0 Å². The van der Waals surface area contributed by atoms with Crippen molar-refractivity contribution in [1.82, 2.24) is 0 Å². The summed E-state index contributed by atoms with van der Waals surface area (Å²) in [6.45, 7) is 0. The molecular weight excluding hydrogens is 249 g/mol. The van der Waals surface area contributed by atoms with Crippen LogP contribution in [0.2, 0.25) is 0 Å². The van der Waals surface area contributed by atoms with Crippen LogP contribution in [0.25, 0.3) is 0 Å². The molecule has 0 aliphatic heterocycles. The molecule has 4 nitrogen and oxygen atoms in total. The monoisotopic (exact) mass is 252 g/mol. The number of rotatable bonds is 1. The average Bonchev–Trinajstić information content (AvgIpc) is 1.38. The van der Waals surface area contributed by atoms with Crippen molar-refractivity contribution in [2.45, 2.75) is 0 Å². The third-order valence-electron chi connectivity index (χ3n) is 0.0781. The molecule has 0 aliphatic rings. The Morgan fingerprint density at radius 3 is 1.83 bits per heavy atom. The Bertz CT molecular complexity index is 42.8. The fourth-order valence-electron chi connectivity index (χ4n) is 0. The Morgan fingerprint density at radius 1 is 1.67 bits per heavy atom. The Kier molecular flexibility index (Phi) is 9.84. The average molecular weight is 251 g/mol. The molecule has 6 heavy (non-hydrogen) atoms. The summed E-state index contributed by atoms with van der Waals surface area (Å²) in [5.74, 6) is 0. The molecule has 0 aromatic rings. The van der Waals surface area contributed by atoms with Gasteiger partial charge in [0.2, 0.25) is 0 Å². The third-order valence-corrected chi connectivity index (χ3v) is 0.234. The topological polar surface area (TPSA) is 66.8 Å². The van der Waals surface area contributed by atoms with Crippen LogP contribution in [0.5, 0.6) is 0 Å². The molecule has 0 spiro atoms. The predicted molar refractivity (Wildman–Crippen MR) is 12.4 cm³/mol. The standard InChI is InChI=1S/Gd.H2O4Si/c;1-4-5(2)3/h;1-2H. The molecule has 0 heterocycles. The van der Waals surface area contributed by atoms with E-state index in [1.54, 1.807) is 0 Å². The van der Waals surface area contributed by atoms with Crippen molar-refractivity contribution in [2.24, 2.45) is 0 Å². The van der Waals surface area contributed by atoms with Gasteiger partial charge in [0.15, 0.2) is 0 Å². The van der Waals surface area contributed by atoms with Crippen molar-refractivity contribution in [3.63, 3.8) is 0 Å². The first-order chi connectivity index (χ1) is 2.27. The molecule has 0 saturated carbocycles. The largest absolute Gasteiger partial charge is 0.798 e. The zero-order valence-corrected chi connectivity index (χ0v) is 5.83. The Morgan fingerprint density at radius 2 is 1.83 bits per heavy atom. The predicted octanol–water partition coefficient (Wildman–Crippen LogP) is -1.12. The smallest absolute Gasteiger partial charge is 0.510 e. The van der Waals surface area contributed by atoms with Crippen LogP contribution in [0.3, 0.4) is 0 Å².